The standard InChI is InChI=1S/C14H22N2O4S/c1-3-16-21(17,18)14-7-5-4-6-13(14)19-10-12-9-15-8-11(2)20-12/h4-7,11-12,15-16H,3,8-10H2,1-2H3. The van der Waals surface area contributed by atoms with Crippen molar-refractivity contribution in [2.24, 2.45) is 0 Å². The fourth-order valence-corrected chi connectivity index (χ4v) is 3.40. The van der Waals surface area contributed by atoms with Gasteiger partial charge in [-0.25, -0.2) is 13.1 Å². The van der Waals surface area contributed by atoms with Crippen LogP contribution >= 0.6 is 0 Å². The molecule has 0 aromatic heterocycles. The van der Waals surface area contributed by atoms with Crippen LogP contribution in [-0.4, -0.2) is 46.9 Å². The average molecular weight is 314 g/mol. The van der Waals surface area contributed by atoms with Crippen molar-refractivity contribution in [3.63, 3.8) is 0 Å². The van der Waals surface area contributed by atoms with Gasteiger partial charge in [0.1, 0.15) is 23.4 Å². The van der Waals surface area contributed by atoms with Crippen molar-refractivity contribution >= 4 is 10.0 Å². The molecule has 0 radical (unpaired) electrons. The maximum absolute atomic E-state index is 12.1. The molecule has 21 heavy (non-hydrogen) atoms. The summed E-state index contributed by atoms with van der Waals surface area (Å²) in [5.41, 5.74) is 0. The third-order valence-corrected chi connectivity index (χ3v) is 4.71. The van der Waals surface area contributed by atoms with Gasteiger partial charge in [-0.2, -0.15) is 0 Å². The summed E-state index contributed by atoms with van der Waals surface area (Å²) >= 11 is 0. The number of morpholine rings is 1. The van der Waals surface area contributed by atoms with E-state index in [9.17, 15) is 8.42 Å². The Balaban J connectivity index is 2.06. The molecule has 2 rings (SSSR count). The Morgan fingerprint density at radius 1 is 1.38 bits per heavy atom. The van der Waals surface area contributed by atoms with Gasteiger partial charge in [0.2, 0.25) is 10.0 Å². The van der Waals surface area contributed by atoms with Crippen LogP contribution in [0.5, 0.6) is 5.75 Å². The number of nitrogens with one attached hydrogen (secondary N) is 2. The highest BCUT2D eigenvalue weighted by atomic mass is 32.2. The number of hydrogen-bond donors (Lipinski definition) is 2. The SMILES string of the molecule is CCNS(=O)(=O)c1ccccc1OCC1CNCC(C)O1. The van der Waals surface area contributed by atoms with E-state index in [0.29, 0.717) is 25.4 Å². The van der Waals surface area contributed by atoms with Crippen LogP contribution in [0, 0.1) is 0 Å². The van der Waals surface area contributed by atoms with E-state index in [4.69, 9.17) is 9.47 Å². The molecule has 0 bridgehead atoms. The molecule has 1 aromatic rings. The highest BCUT2D eigenvalue weighted by Crippen LogP contribution is 2.23. The molecule has 1 saturated heterocycles. The van der Waals surface area contributed by atoms with Gasteiger partial charge >= 0.3 is 0 Å². The lowest BCUT2D eigenvalue weighted by molar-refractivity contribution is -0.0474. The monoisotopic (exact) mass is 314 g/mol. The van der Waals surface area contributed by atoms with Crippen LogP contribution in [0.15, 0.2) is 29.2 Å². The van der Waals surface area contributed by atoms with Crippen molar-refractivity contribution in [1.82, 2.24) is 10.0 Å². The first-order valence-corrected chi connectivity index (χ1v) is 8.59. The molecule has 2 unspecified atom stereocenters. The average Bonchev–Trinajstić information content (AvgIpc) is 2.45. The van der Waals surface area contributed by atoms with Crippen LogP contribution in [-0.2, 0) is 14.8 Å². The third-order valence-electron chi connectivity index (χ3n) is 3.13. The molecule has 1 aliphatic heterocycles. The molecular weight excluding hydrogens is 292 g/mol. The number of hydrogen-bond acceptors (Lipinski definition) is 5. The highest BCUT2D eigenvalue weighted by Gasteiger charge is 2.22. The van der Waals surface area contributed by atoms with Crippen molar-refractivity contribution in [2.75, 3.05) is 26.2 Å². The van der Waals surface area contributed by atoms with Crippen molar-refractivity contribution in [2.45, 2.75) is 31.0 Å². The Morgan fingerprint density at radius 2 is 2.14 bits per heavy atom. The van der Waals surface area contributed by atoms with Gasteiger partial charge in [0, 0.05) is 19.6 Å². The van der Waals surface area contributed by atoms with Crippen LogP contribution in [0.3, 0.4) is 0 Å². The van der Waals surface area contributed by atoms with Gasteiger partial charge in [-0.1, -0.05) is 19.1 Å². The normalized spacial score (nSPS) is 23.0. The first kappa shape index (κ1) is 16.2. The second-order valence-corrected chi connectivity index (χ2v) is 6.72. The molecule has 1 aliphatic rings. The second-order valence-electron chi connectivity index (χ2n) is 4.99. The molecule has 1 heterocycles. The van der Waals surface area contributed by atoms with E-state index in [-0.39, 0.29) is 17.1 Å². The van der Waals surface area contributed by atoms with E-state index in [0.717, 1.165) is 6.54 Å². The van der Waals surface area contributed by atoms with Crippen molar-refractivity contribution in [3.05, 3.63) is 24.3 Å². The molecule has 0 saturated carbocycles. The third kappa shape index (κ3) is 4.41. The molecule has 6 nitrogen and oxygen atoms in total. The van der Waals surface area contributed by atoms with Crippen molar-refractivity contribution in [3.8, 4) is 5.75 Å². The quantitative estimate of drug-likeness (QED) is 0.810. The van der Waals surface area contributed by atoms with Gasteiger partial charge < -0.3 is 14.8 Å². The molecule has 0 aliphatic carbocycles. The molecule has 0 amide bonds. The van der Waals surface area contributed by atoms with Gasteiger partial charge in [-0.15, -0.1) is 0 Å². The van der Waals surface area contributed by atoms with E-state index in [1.54, 1.807) is 25.1 Å². The van der Waals surface area contributed by atoms with E-state index < -0.39 is 10.0 Å². The van der Waals surface area contributed by atoms with Crippen LogP contribution in [0.25, 0.3) is 0 Å². The summed E-state index contributed by atoms with van der Waals surface area (Å²) in [6.45, 7) is 5.90. The van der Waals surface area contributed by atoms with E-state index in [1.807, 2.05) is 6.92 Å². The number of ether oxygens (including phenoxy) is 2. The minimum Gasteiger partial charge on any atom is -0.489 e. The molecule has 1 fully saturated rings. The number of benzene rings is 1. The zero-order valence-corrected chi connectivity index (χ0v) is 13.2. The van der Waals surface area contributed by atoms with Crippen LogP contribution in [0.1, 0.15) is 13.8 Å². The van der Waals surface area contributed by atoms with Crippen LogP contribution in [0.2, 0.25) is 0 Å². The van der Waals surface area contributed by atoms with E-state index in [1.165, 1.54) is 6.07 Å². The van der Waals surface area contributed by atoms with Gasteiger partial charge in [0.05, 0.1) is 6.10 Å². The fraction of sp³-hybridized carbons (Fsp3) is 0.571. The topological polar surface area (TPSA) is 76.7 Å². The Labute approximate surface area is 125 Å². The molecule has 1 aromatic carbocycles. The Hall–Kier alpha value is -1.15. The molecule has 2 atom stereocenters. The first-order valence-electron chi connectivity index (χ1n) is 7.10. The summed E-state index contributed by atoms with van der Waals surface area (Å²) in [7, 11) is -3.54. The largest absolute Gasteiger partial charge is 0.489 e. The summed E-state index contributed by atoms with van der Waals surface area (Å²) < 4.78 is 38.1. The maximum atomic E-state index is 12.1. The van der Waals surface area contributed by atoms with Crippen molar-refractivity contribution in [1.29, 1.82) is 0 Å². The molecular formula is C14H22N2O4S. The highest BCUT2D eigenvalue weighted by molar-refractivity contribution is 7.89. The van der Waals surface area contributed by atoms with Crippen LogP contribution in [0.4, 0.5) is 0 Å². The van der Waals surface area contributed by atoms with Gasteiger partial charge in [0.15, 0.2) is 0 Å². The maximum Gasteiger partial charge on any atom is 0.244 e. The second kappa shape index (κ2) is 7.22. The lowest BCUT2D eigenvalue weighted by Gasteiger charge is -2.28. The molecule has 0 spiro atoms. The first-order chi connectivity index (χ1) is 10.0. The number of rotatable bonds is 6. The van der Waals surface area contributed by atoms with Gasteiger partial charge in [-0.3, -0.25) is 0 Å². The zero-order valence-electron chi connectivity index (χ0n) is 12.3. The minimum atomic E-state index is -3.54. The number of sulfonamides is 1. The summed E-state index contributed by atoms with van der Waals surface area (Å²) in [5, 5.41) is 3.25. The predicted molar refractivity (Wildman–Crippen MR) is 80.0 cm³/mol. The Kier molecular flexibility index (Phi) is 5.58. The smallest absolute Gasteiger partial charge is 0.244 e. The van der Waals surface area contributed by atoms with Crippen molar-refractivity contribution < 1.29 is 17.9 Å². The lowest BCUT2D eigenvalue weighted by Crippen LogP contribution is -2.45. The summed E-state index contributed by atoms with van der Waals surface area (Å²) in [5.74, 6) is 0.347. The Bertz CT molecular complexity index is 562. The molecule has 2 N–H and O–H groups in total. The number of para-hydroxylation sites is 1. The summed E-state index contributed by atoms with van der Waals surface area (Å²) in [6.07, 6.45) is 0.0525. The van der Waals surface area contributed by atoms with E-state index in [2.05, 4.69) is 10.0 Å². The minimum absolute atomic E-state index is 0.0800. The van der Waals surface area contributed by atoms with Gasteiger partial charge in [0.25, 0.3) is 0 Å². The summed E-state index contributed by atoms with van der Waals surface area (Å²) in [4.78, 5) is 0.156. The fourth-order valence-electron chi connectivity index (χ4n) is 2.21. The summed E-state index contributed by atoms with van der Waals surface area (Å²) in [6, 6.07) is 6.63. The predicted octanol–water partition coefficient (Wildman–Crippen LogP) is 0.741. The zero-order chi connectivity index (χ0) is 15.3. The van der Waals surface area contributed by atoms with E-state index >= 15 is 0 Å². The molecule has 7 heteroatoms. The van der Waals surface area contributed by atoms with Crippen LogP contribution < -0.4 is 14.8 Å². The lowest BCUT2D eigenvalue weighted by atomic mass is 10.2. The molecule has 118 valence electrons. The Morgan fingerprint density at radius 3 is 2.86 bits per heavy atom. The van der Waals surface area contributed by atoms with Gasteiger partial charge in [-0.05, 0) is 19.1 Å².